The lowest BCUT2D eigenvalue weighted by Crippen LogP contribution is -2.19. The Kier molecular flexibility index (Phi) is 2.61. The molecule has 1 aliphatic rings. The first-order valence-corrected chi connectivity index (χ1v) is 5.39. The Morgan fingerprint density at radius 3 is 2.94 bits per heavy atom. The van der Waals surface area contributed by atoms with Gasteiger partial charge in [0.15, 0.2) is 0 Å². The largest absolute Gasteiger partial charge is 0.493 e. The fourth-order valence-electron chi connectivity index (χ4n) is 1.85. The highest BCUT2D eigenvalue weighted by molar-refractivity contribution is 5.41. The third-order valence-corrected chi connectivity index (χ3v) is 3.00. The summed E-state index contributed by atoms with van der Waals surface area (Å²) in [5.74, 6) is 0.894. The van der Waals surface area contributed by atoms with Crippen LogP contribution in [0.4, 0.5) is 0 Å². The summed E-state index contributed by atoms with van der Waals surface area (Å²) in [6, 6.07) is 7.76. The van der Waals surface area contributed by atoms with E-state index in [1.54, 1.807) is 13.8 Å². The van der Waals surface area contributed by atoms with E-state index in [9.17, 15) is 5.11 Å². The summed E-state index contributed by atoms with van der Waals surface area (Å²) in [5, 5.41) is 19.1. The normalized spacial score (nSPS) is 16.1. The molecule has 3 heteroatoms. The molecule has 1 atom stereocenters. The zero-order valence-electron chi connectivity index (χ0n) is 9.53. The van der Waals surface area contributed by atoms with Gasteiger partial charge < -0.3 is 9.84 Å². The number of aliphatic hydroxyl groups excluding tert-OH is 1. The van der Waals surface area contributed by atoms with Gasteiger partial charge in [0.05, 0.1) is 24.2 Å². The van der Waals surface area contributed by atoms with Gasteiger partial charge in [-0.2, -0.15) is 5.26 Å². The number of hydrogen-bond donors (Lipinski definition) is 1. The number of benzene rings is 1. The molecule has 1 aromatic carbocycles. The van der Waals surface area contributed by atoms with Crippen LogP contribution in [0.25, 0.3) is 0 Å². The molecule has 16 heavy (non-hydrogen) atoms. The number of fused-ring (bicyclic) bond motifs is 1. The van der Waals surface area contributed by atoms with Gasteiger partial charge in [0, 0.05) is 6.42 Å². The topological polar surface area (TPSA) is 53.2 Å². The van der Waals surface area contributed by atoms with E-state index in [-0.39, 0.29) is 0 Å². The number of hydrogen-bond acceptors (Lipinski definition) is 3. The minimum atomic E-state index is -0.770. The second kappa shape index (κ2) is 3.80. The van der Waals surface area contributed by atoms with E-state index >= 15 is 0 Å². The standard InChI is InChI=1S/C13H15NO2/c1-13(2,8-14)12(15)10-3-4-11-9(7-10)5-6-16-11/h3-4,7,12,15H,5-6H2,1-2H3. The predicted octanol–water partition coefficient (Wildman–Crippen LogP) is 2.20. The van der Waals surface area contributed by atoms with Crippen molar-refractivity contribution in [1.29, 1.82) is 5.26 Å². The highest BCUT2D eigenvalue weighted by Gasteiger charge is 2.29. The molecule has 0 radical (unpaired) electrons. The lowest BCUT2D eigenvalue weighted by Gasteiger charge is -2.23. The first kappa shape index (κ1) is 11.0. The quantitative estimate of drug-likeness (QED) is 0.826. The van der Waals surface area contributed by atoms with Gasteiger partial charge in [-0.3, -0.25) is 0 Å². The van der Waals surface area contributed by atoms with E-state index in [1.807, 2.05) is 18.2 Å². The molecule has 0 aliphatic carbocycles. The highest BCUT2D eigenvalue weighted by Crippen LogP contribution is 2.35. The summed E-state index contributed by atoms with van der Waals surface area (Å²) in [7, 11) is 0. The van der Waals surface area contributed by atoms with E-state index in [4.69, 9.17) is 10.00 Å². The molecular weight excluding hydrogens is 202 g/mol. The molecule has 1 aliphatic heterocycles. The van der Waals surface area contributed by atoms with E-state index in [0.29, 0.717) is 6.61 Å². The Morgan fingerprint density at radius 1 is 1.50 bits per heavy atom. The minimum absolute atomic E-state index is 0.705. The summed E-state index contributed by atoms with van der Waals surface area (Å²) >= 11 is 0. The fraction of sp³-hybridized carbons (Fsp3) is 0.462. The molecule has 0 amide bonds. The van der Waals surface area contributed by atoms with E-state index in [1.165, 1.54) is 0 Å². The molecular formula is C13H15NO2. The monoisotopic (exact) mass is 217 g/mol. The van der Waals surface area contributed by atoms with Crippen LogP contribution in [0.5, 0.6) is 5.75 Å². The number of nitrogens with zero attached hydrogens (tertiary/aromatic N) is 1. The molecule has 1 unspecified atom stereocenters. The first-order chi connectivity index (χ1) is 7.54. The van der Waals surface area contributed by atoms with Gasteiger partial charge in [0.2, 0.25) is 0 Å². The van der Waals surface area contributed by atoms with Gasteiger partial charge in [-0.15, -0.1) is 0 Å². The average Bonchev–Trinajstić information content (AvgIpc) is 2.74. The summed E-state index contributed by atoms with van der Waals surface area (Å²) in [6.07, 6.45) is 0.117. The zero-order chi connectivity index (χ0) is 11.8. The smallest absolute Gasteiger partial charge is 0.122 e. The van der Waals surface area contributed by atoms with Crippen LogP contribution >= 0.6 is 0 Å². The van der Waals surface area contributed by atoms with Crippen molar-refractivity contribution in [3.63, 3.8) is 0 Å². The molecule has 1 aromatic rings. The van der Waals surface area contributed by atoms with E-state index in [2.05, 4.69) is 6.07 Å². The van der Waals surface area contributed by atoms with E-state index < -0.39 is 11.5 Å². The SMILES string of the molecule is CC(C)(C#N)C(O)c1ccc2c(c1)CCO2. The van der Waals surface area contributed by atoms with Gasteiger partial charge in [-0.25, -0.2) is 0 Å². The zero-order valence-corrected chi connectivity index (χ0v) is 9.53. The van der Waals surface area contributed by atoms with Crippen LogP contribution < -0.4 is 4.74 Å². The van der Waals surface area contributed by atoms with Crippen LogP contribution in [0, 0.1) is 16.7 Å². The van der Waals surface area contributed by atoms with Gasteiger partial charge in [-0.05, 0) is 37.1 Å². The van der Waals surface area contributed by atoms with Crippen LogP contribution in [0.15, 0.2) is 18.2 Å². The Hall–Kier alpha value is -1.53. The number of ether oxygens (including phenoxy) is 1. The van der Waals surface area contributed by atoms with Crippen LogP contribution in [0.2, 0.25) is 0 Å². The molecule has 3 nitrogen and oxygen atoms in total. The lowest BCUT2D eigenvalue weighted by molar-refractivity contribution is 0.0867. The third-order valence-electron chi connectivity index (χ3n) is 3.00. The van der Waals surface area contributed by atoms with Gasteiger partial charge >= 0.3 is 0 Å². The maximum absolute atomic E-state index is 10.1. The molecule has 84 valence electrons. The Morgan fingerprint density at radius 2 is 2.25 bits per heavy atom. The van der Waals surface area contributed by atoms with Crippen molar-refractivity contribution in [2.75, 3.05) is 6.61 Å². The van der Waals surface area contributed by atoms with Crippen molar-refractivity contribution in [3.05, 3.63) is 29.3 Å². The van der Waals surface area contributed by atoms with Crippen LogP contribution in [0.1, 0.15) is 31.1 Å². The van der Waals surface area contributed by atoms with Crippen LogP contribution in [0.3, 0.4) is 0 Å². The molecule has 0 saturated heterocycles. The molecule has 0 aromatic heterocycles. The van der Waals surface area contributed by atoms with Gasteiger partial charge in [-0.1, -0.05) is 6.07 Å². The second-order valence-electron chi connectivity index (χ2n) is 4.70. The molecule has 0 fully saturated rings. The Bertz CT molecular complexity index is 446. The van der Waals surface area contributed by atoms with Crippen molar-refractivity contribution in [3.8, 4) is 11.8 Å². The van der Waals surface area contributed by atoms with Crippen molar-refractivity contribution < 1.29 is 9.84 Å². The van der Waals surface area contributed by atoms with Crippen molar-refractivity contribution in [2.24, 2.45) is 5.41 Å². The minimum Gasteiger partial charge on any atom is -0.493 e. The number of rotatable bonds is 2. The molecule has 2 rings (SSSR count). The molecule has 1 heterocycles. The maximum atomic E-state index is 10.1. The second-order valence-corrected chi connectivity index (χ2v) is 4.70. The Labute approximate surface area is 95.3 Å². The van der Waals surface area contributed by atoms with Crippen molar-refractivity contribution in [1.82, 2.24) is 0 Å². The van der Waals surface area contributed by atoms with Gasteiger partial charge in [0.25, 0.3) is 0 Å². The number of nitriles is 1. The van der Waals surface area contributed by atoms with Crippen molar-refractivity contribution >= 4 is 0 Å². The van der Waals surface area contributed by atoms with Crippen LogP contribution in [-0.4, -0.2) is 11.7 Å². The summed E-state index contributed by atoms with van der Waals surface area (Å²) < 4.78 is 5.40. The third kappa shape index (κ3) is 1.77. The molecule has 1 N–H and O–H groups in total. The van der Waals surface area contributed by atoms with Gasteiger partial charge in [0.1, 0.15) is 5.75 Å². The van der Waals surface area contributed by atoms with Crippen LogP contribution in [-0.2, 0) is 6.42 Å². The lowest BCUT2D eigenvalue weighted by atomic mass is 9.83. The predicted molar refractivity (Wildman–Crippen MR) is 60.0 cm³/mol. The number of aliphatic hydroxyl groups is 1. The summed E-state index contributed by atoms with van der Waals surface area (Å²) in [4.78, 5) is 0. The molecule has 0 saturated carbocycles. The molecule has 0 bridgehead atoms. The van der Waals surface area contributed by atoms with Crippen molar-refractivity contribution in [2.45, 2.75) is 26.4 Å². The molecule has 0 spiro atoms. The summed E-state index contributed by atoms with van der Waals surface area (Å²) in [6.45, 7) is 4.18. The maximum Gasteiger partial charge on any atom is 0.122 e. The first-order valence-electron chi connectivity index (χ1n) is 5.39. The highest BCUT2D eigenvalue weighted by atomic mass is 16.5. The van der Waals surface area contributed by atoms with E-state index in [0.717, 1.165) is 23.3 Å². The average molecular weight is 217 g/mol. The Balaban J connectivity index is 2.32. The summed E-state index contributed by atoms with van der Waals surface area (Å²) in [5.41, 5.74) is 1.13. The fourth-order valence-corrected chi connectivity index (χ4v) is 1.85.